The number of carbonyl (C=O) groups excluding carboxylic acids is 1. The largest absolute Gasteiger partial charge is 0.479 e. The SMILES string of the molecule is C[C@@H]1CN(C(=O)C2(c3ccccc3Cl)CCOCC2)CC(C(=O)O)O1. The number of hydrogen-bond donors (Lipinski definition) is 1. The summed E-state index contributed by atoms with van der Waals surface area (Å²) in [5.41, 5.74) is 0.00691. The number of benzene rings is 1. The molecule has 2 aliphatic rings. The fourth-order valence-corrected chi connectivity index (χ4v) is 4.04. The Labute approximate surface area is 151 Å². The highest BCUT2D eigenvalue weighted by molar-refractivity contribution is 6.31. The van der Waals surface area contributed by atoms with Crippen molar-refractivity contribution in [2.75, 3.05) is 26.3 Å². The molecule has 2 atom stereocenters. The van der Waals surface area contributed by atoms with E-state index < -0.39 is 17.5 Å². The molecule has 0 spiro atoms. The van der Waals surface area contributed by atoms with E-state index in [9.17, 15) is 14.7 Å². The van der Waals surface area contributed by atoms with Crippen LogP contribution in [0.1, 0.15) is 25.3 Å². The van der Waals surface area contributed by atoms with E-state index in [0.717, 1.165) is 5.56 Å². The van der Waals surface area contributed by atoms with Crippen molar-refractivity contribution in [2.45, 2.75) is 37.4 Å². The van der Waals surface area contributed by atoms with Gasteiger partial charge in [-0.25, -0.2) is 4.79 Å². The van der Waals surface area contributed by atoms with Crippen LogP contribution in [0.5, 0.6) is 0 Å². The van der Waals surface area contributed by atoms with Crippen molar-refractivity contribution in [1.82, 2.24) is 4.90 Å². The minimum absolute atomic E-state index is 0.0472. The van der Waals surface area contributed by atoms with Gasteiger partial charge < -0.3 is 19.5 Å². The molecule has 3 rings (SSSR count). The normalized spacial score (nSPS) is 26.2. The van der Waals surface area contributed by atoms with E-state index in [0.29, 0.717) is 37.6 Å². The molecule has 1 unspecified atom stereocenters. The van der Waals surface area contributed by atoms with E-state index in [1.165, 1.54) is 0 Å². The van der Waals surface area contributed by atoms with Crippen LogP contribution in [0.2, 0.25) is 5.02 Å². The maximum atomic E-state index is 13.5. The lowest BCUT2D eigenvalue weighted by molar-refractivity contribution is -0.169. The van der Waals surface area contributed by atoms with Gasteiger partial charge in [-0.2, -0.15) is 0 Å². The molecule has 0 aliphatic carbocycles. The maximum Gasteiger partial charge on any atom is 0.334 e. The number of carboxylic acid groups (broad SMARTS) is 1. The molecule has 7 heteroatoms. The van der Waals surface area contributed by atoms with Gasteiger partial charge in [-0.1, -0.05) is 29.8 Å². The van der Waals surface area contributed by atoms with Crippen LogP contribution in [0, 0.1) is 0 Å². The first-order valence-electron chi connectivity index (χ1n) is 8.44. The highest BCUT2D eigenvalue weighted by atomic mass is 35.5. The fourth-order valence-electron chi connectivity index (χ4n) is 3.72. The molecule has 1 amide bonds. The summed E-state index contributed by atoms with van der Waals surface area (Å²) in [6.45, 7) is 3.14. The van der Waals surface area contributed by atoms with Gasteiger partial charge in [0.05, 0.1) is 18.1 Å². The molecule has 1 aromatic rings. The Morgan fingerprint density at radius 1 is 1.24 bits per heavy atom. The Bertz CT molecular complexity index is 659. The number of nitrogens with zero attached hydrogens (tertiary/aromatic N) is 1. The summed E-state index contributed by atoms with van der Waals surface area (Å²) in [6.07, 6.45) is -0.282. The molecule has 136 valence electrons. The first-order chi connectivity index (χ1) is 11.9. The lowest BCUT2D eigenvalue weighted by Gasteiger charge is -2.43. The summed E-state index contributed by atoms with van der Waals surface area (Å²) < 4.78 is 10.9. The second-order valence-electron chi connectivity index (χ2n) is 6.66. The molecular weight excluding hydrogens is 346 g/mol. The lowest BCUT2D eigenvalue weighted by atomic mass is 9.72. The quantitative estimate of drug-likeness (QED) is 0.885. The number of carbonyl (C=O) groups is 2. The standard InChI is InChI=1S/C18H22ClNO5/c1-12-10-20(11-15(25-12)16(21)22)17(23)18(6-8-24-9-7-18)13-4-2-3-5-14(13)19/h2-5,12,15H,6-11H2,1H3,(H,21,22)/t12-,15?/m1/s1. The van der Waals surface area contributed by atoms with Crippen LogP contribution < -0.4 is 0 Å². The van der Waals surface area contributed by atoms with Gasteiger partial charge in [-0.05, 0) is 31.4 Å². The molecule has 0 aromatic heterocycles. The molecule has 2 heterocycles. The zero-order valence-electron chi connectivity index (χ0n) is 14.1. The van der Waals surface area contributed by atoms with Crippen molar-refractivity contribution in [1.29, 1.82) is 0 Å². The van der Waals surface area contributed by atoms with E-state index in [2.05, 4.69) is 0 Å². The molecule has 1 N–H and O–H groups in total. The Kier molecular flexibility index (Phi) is 5.32. The third kappa shape index (κ3) is 3.52. The van der Waals surface area contributed by atoms with Gasteiger partial charge in [-0.3, -0.25) is 4.79 Å². The van der Waals surface area contributed by atoms with Crippen LogP contribution in [0.4, 0.5) is 0 Å². The number of aliphatic carboxylic acids is 1. The molecular formula is C18H22ClNO5. The number of morpholine rings is 1. The van der Waals surface area contributed by atoms with Crippen LogP contribution in [0.15, 0.2) is 24.3 Å². The van der Waals surface area contributed by atoms with E-state index in [1.54, 1.807) is 17.9 Å². The molecule has 2 saturated heterocycles. The van der Waals surface area contributed by atoms with Gasteiger partial charge >= 0.3 is 5.97 Å². The first kappa shape index (κ1) is 18.2. The summed E-state index contributed by atoms with van der Waals surface area (Å²) in [4.78, 5) is 26.5. The number of rotatable bonds is 3. The topological polar surface area (TPSA) is 76.1 Å². The molecule has 2 aliphatic heterocycles. The van der Waals surface area contributed by atoms with Crippen LogP contribution >= 0.6 is 11.6 Å². The lowest BCUT2D eigenvalue weighted by Crippen LogP contribution is -2.58. The molecule has 0 bridgehead atoms. The Morgan fingerprint density at radius 3 is 2.56 bits per heavy atom. The summed E-state index contributed by atoms with van der Waals surface area (Å²) >= 11 is 6.41. The van der Waals surface area contributed by atoms with E-state index >= 15 is 0 Å². The van der Waals surface area contributed by atoms with E-state index in [-0.39, 0.29) is 18.6 Å². The molecule has 25 heavy (non-hydrogen) atoms. The van der Waals surface area contributed by atoms with Gasteiger partial charge in [0.1, 0.15) is 0 Å². The van der Waals surface area contributed by atoms with Crippen molar-refractivity contribution in [3.05, 3.63) is 34.9 Å². The van der Waals surface area contributed by atoms with Crippen LogP contribution in [-0.2, 0) is 24.5 Å². The van der Waals surface area contributed by atoms with Gasteiger partial charge in [0.2, 0.25) is 5.91 Å². The molecule has 2 fully saturated rings. The van der Waals surface area contributed by atoms with Crippen molar-refractivity contribution < 1.29 is 24.2 Å². The number of carboxylic acids is 1. The Hall–Kier alpha value is -1.63. The van der Waals surface area contributed by atoms with Gasteiger partial charge in [0.25, 0.3) is 0 Å². The smallest absolute Gasteiger partial charge is 0.334 e. The second kappa shape index (κ2) is 7.32. The third-order valence-corrected chi connectivity index (χ3v) is 5.30. The predicted molar refractivity (Wildman–Crippen MR) is 91.7 cm³/mol. The zero-order chi connectivity index (χ0) is 18.0. The molecule has 0 saturated carbocycles. The van der Waals surface area contributed by atoms with E-state index in [4.69, 9.17) is 21.1 Å². The number of hydrogen-bond acceptors (Lipinski definition) is 4. The van der Waals surface area contributed by atoms with Crippen molar-refractivity contribution in [2.24, 2.45) is 0 Å². The Morgan fingerprint density at radius 2 is 1.92 bits per heavy atom. The van der Waals surface area contributed by atoms with Crippen LogP contribution in [0.25, 0.3) is 0 Å². The summed E-state index contributed by atoms with van der Waals surface area (Å²) in [5.74, 6) is -1.14. The van der Waals surface area contributed by atoms with Crippen LogP contribution in [-0.4, -0.2) is 60.4 Å². The monoisotopic (exact) mass is 367 g/mol. The number of amides is 1. The highest BCUT2D eigenvalue weighted by Gasteiger charge is 2.47. The maximum absolute atomic E-state index is 13.5. The summed E-state index contributed by atoms with van der Waals surface area (Å²) in [5, 5.41) is 9.84. The summed E-state index contributed by atoms with van der Waals surface area (Å²) in [7, 11) is 0. The van der Waals surface area contributed by atoms with Gasteiger partial charge in [0.15, 0.2) is 6.10 Å². The number of ether oxygens (including phenoxy) is 2. The minimum Gasteiger partial charge on any atom is -0.479 e. The van der Waals surface area contributed by atoms with Gasteiger partial charge in [-0.15, -0.1) is 0 Å². The van der Waals surface area contributed by atoms with Crippen molar-refractivity contribution in [3.8, 4) is 0 Å². The molecule has 6 nitrogen and oxygen atoms in total. The second-order valence-corrected chi connectivity index (χ2v) is 7.07. The highest BCUT2D eigenvalue weighted by Crippen LogP contribution is 2.40. The predicted octanol–water partition coefficient (Wildman–Crippen LogP) is 2.09. The average Bonchev–Trinajstić information content (AvgIpc) is 2.61. The van der Waals surface area contributed by atoms with Gasteiger partial charge in [0, 0.05) is 24.8 Å². The van der Waals surface area contributed by atoms with E-state index in [1.807, 2.05) is 18.2 Å². The Balaban J connectivity index is 1.95. The first-order valence-corrected chi connectivity index (χ1v) is 8.82. The van der Waals surface area contributed by atoms with Crippen molar-refractivity contribution >= 4 is 23.5 Å². The summed E-state index contributed by atoms with van der Waals surface area (Å²) in [6, 6.07) is 7.36. The minimum atomic E-state index is -1.05. The zero-order valence-corrected chi connectivity index (χ0v) is 14.9. The van der Waals surface area contributed by atoms with Crippen molar-refractivity contribution in [3.63, 3.8) is 0 Å². The van der Waals surface area contributed by atoms with Crippen LogP contribution in [0.3, 0.4) is 0 Å². The molecule has 0 radical (unpaired) electrons. The average molecular weight is 368 g/mol. The fraction of sp³-hybridized carbons (Fsp3) is 0.556. The number of halogens is 1. The molecule has 1 aromatic carbocycles. The third-order valence-electron chi connectivity index (χ3n) is 4.97.